The third kappa shape index (κ3) is 67.5. The molecule has 0 aromatic rings. The van der Waals surface area contributed by atoms with Gasteiger partial charge in [-0.3, -0.25) is 18.6 Å². The fourth-order valence-corrected chi connectivity index (χ4v) is 9.98. The van der Waals surface area contributed by atoms with Crippen molar-refractivity contribution in [2.24, 2.45) is 0 Å². The minimum Gasteiger partial charge on any atom is -0.462 e. The lowest BCUT2D eigenvalue weighted by Crippen LogP contribution is -2.37. The van der Waals surface area contributed by atoms with Gasteiger partial charge in [-0.05, 0) is 109 Å². The zero-order chi connectivity index (χ0) is 61.2. The molecular formula is C74H129NO8P+. The van der Waals surface area contributed by atoms with Crippen molar-refractivity contribution in [3.05, 3.63) is 122 Å². The molecule has 10 heteroatoms. The van der Waals surface area contributed by atoms with Gasteiger partial charge in [0.2, 0.25) is 0 Å². The monoisotopic (exact) mass is 1190 g/mol. The molecular weight excluding hydrogens is 1060 g/mol. The van der Waals surface area contributed by atoms with Gasteiger partial charge in [0.1, 0.15) is 19.8 Å². The number of rotatable bonds is 62. The first-order valence-electron chi connectivity index (χ1n) is 34.3. The molecule has 2 atom stereocenters. The highest BCUT2D eigenvalue weighted by Crippen LogP contribution is 2.43. The molecule has 482 valence electrons. The van der Waals surface area contributed by atoms with Crippen LogP contribution in [0.1, 0.15) is 284 Å². The predicted octanol–water partition coefficient (Wildman–Crippen LogP) is 22.3. The standard InChI is InChI=1S/C74H128NO8P/c1-6-8-10-12-14-16-18-20-22-24-26-28-30-32-33-34-35-36-37-38-39-40-41-43-45-47-49-51-53-55-57-59-61-63-65-67-74(77)83-72(71-82-84(78,79)81-69-68-75(3,4)5)70-80-73(76)66-64-62-60-58-56-54-52-50-48-46-44-42-31-29-27-25-23-21-19-17-15-13-11-9-7-2/h8,10,14,16,20,22,25-28,32-33,35-36,38-39,41,43,47,49,72H,6-7,9,11-13,15,17-19,21,23-24,29-31,34,37,40,42,44-46,48,50-71H2,1-5H3/p+1/b10-8-,16-14-,22-20-,27-25-,28-26-,33-32-,36-35-,39-38-,43-41-,49-47-. The van der Waals surface area contributed by atoms with Gasteiger partial charge in [0.05, 0.1) is 27.7 Å². The highest BCUT2D eigenvalue weighted by molar-refractivity contribution is 7.47. The number of allylic oxidation sites excluding steroid dienone is 20. The van der Waals surface area contributed by atoms with Crippen LogP contribution in [0.4, 0.5) is 0 Å². The lowest BCUT2D eigenvalue weighted by Gasteiger charge is -2.24. The summed E-state index contributed by atoms with van der Waals surface area (Å²) >= 11 is 0. The quantitative estimate of drug-likeness (QED) is 0.0211. The number of phosphoric acid groups is 1. The van der Waals surface area contributed by atoms with E-state index in [4.69, 9.17) is 18.5 Å². The number of carbonyl (C=O) groups excluding carboxylic acids is 2. The van der Waals surface area contributed by atoms with Gasteiger partial charge in [-0.15, -0.1) is 0 Å². The van der Waals surface area contributed by atoms with Gasteiger partial charge in [-0.25, -0.2) is 4.57 Å². The largest absolute Gasteiger partial charge is 0.472 e. The minimum atomic E-state index is -4.40. The summed E-state index contributed by atoms with van der Waals surface area (Å²) in [5, 5.41) is 0. The summed E-state index contributed by atoms with van der Waals surface area (Å²) in [5.74, 6) is -0.810. The number of esters is 2. The van der Waals surface area contributed by atoms with Gasteiger partial charge in [-0.2, -0.15) is 0 Å². The van der Waals surface area contributed by atoms with Gasteiger partial charge < -0.3 is 18.9 Å². The van der Waals surface area contributed by atoms with Crippen LogP contribution in [0, 0.1) is 0 Å². The second-order valence-corrected chi connectivity index (χ2v) is 25.3. The lowest BCUT2D eigenvalue weighted by atomic mass is 10.0. The van der Waals surface area contributed by atoms with E-state index in [1.165, 1.54) is 148 Å². The molecule has 0 aromatic heterocycles. The van der Waals surface area contributed by atoms with Crippen LogP contribution in [-0.4, -0.2) is 74.9 Å². The normalized spacial score (nSPS) is 13.9. The molecule has 84 heavy (non-hydrogen) atoms. The third-order valence-electron chi connectivity index (χ3n) is 14.5. The summed E-state index contributed by atoms with van der Waals surface area (Å²) in [4.78, 5) is 35.9. The number of nitrogens with zero attached hydrogens (tertiary/aromatic N) is 1. The maximum absolute atomic E-state index is 12.9. The molecule has 0 rings (SSSR count). The van der Waals surface area contributed by atoms with E-state index in [0.717, 1.165) is 103 Å². The number of likely N-dealkylation sites (N-methyl/N-ethyl adjacent to an activating group) is 1. The Balaban J connectivity index is 4.14. The zero-order valence-electron chi connectivity index (χ0n) is 54.9. The zero-order valence-corrected chi connectivity index (χ0v) is 55.7. The molecule has 0 saturated heterocycles. The maximum Gasteiger partial charge on any atom is 0.472 e. The van der Waals surface area contributed by atoms with Gasteiger partial charge in [0.15, 0.2) is 6.10 Å². The van der Waals surface area contributed by atoms with Crippen LogP contribution in [0.5, 0.6) is 0 Å². The van der Waals surface area contributed by atoms with Crippen molar-refractivity contribution >= 4 is 19.8 Å². The second kappa shape index (κ2) is 63.9. The van der Waals surface area contributed by atoms with Gasteiger partial charge in [-0.1, -0.05) is 283 Å². The molecule has 0 spiro atoms. The van der Waals surface area contributed by atoms with Gasteiger partial charge in [0.25, 0.3) is 0 Å². The first kappa shape index (κ1) is 80.4. The van der Waals surface area contributed by atoms with Crippen molar-refractivity contribution in [3.63, 3.8) is 0 Å². The van der Waals surface area contributed by atoms with E-state index < -0.39 is 26.5 Å². The first-order chi connectivity index (χ1) is 41.0. The van der Waals surface area contributed by atoms with Crippen molar-refractivity contribution < 1.29 is 42.1 Å². The third-order valence-corrected chi connectivity index (χ3v) is 15.5. The molecule has 1 N–H and O–H groups in total. The molecule has 0 bridgehead atoms. The molecule has 0 amide bonds. The number of quaternary nitrogens is 1. The average Bonchev–Trinajstić information content (AvgIpc) is 3.61. The Morgan fingerprint density at radius 1 is 0.381 bits per heavy atom. The van der Waals surface area contributed by atoms with Crippen LogP contribution in [0.3, 0.4) is 0 Å². The van der Waals surface area contributed by atoms with Crippen molar-refractivity contribution in [1.82, 2.24) is 0 Å². The van der Waals surface area contributed by atoms with Crippen LogP contribution in [-0.2, 0) is 32.7 Å². The van der Waals surface area contributed by atoms with Crippen LogP contribution in [0.2, 0.25) is 0 Å². The van der Waals surface area contributed by atoms with Crippen molar-refractivity contribution in [3.8, 4) is 0 Å². The Bertz CT molecular complexity index is 1830. The Kier molecular flexibility index (Phi) is 61.2. The van der Waals surface area contributed by atoms with Crippen molar-refractivity contribution in [1.29, 1.82) is 0 Å². The van der Waals surface area contributed by atoms with E-state index in [9.17, 15) is 19.0 Å². The number of hydrogen-bond donors (Lipinski definition) is 1. The minimum absolute atomic E-state index is 0.0242. The number of ether oxygens (including phenoxy) is 2. The fraction of sp³-hybridized carbons (Fsp3) is 0.703. The fourth-order valence-electron chi connectivity index (χ4n) is 9.24. The summed E-state index contributed by atoms with van der Waals surface area (Å²) in [5.41, 5.74) is 0. The van der Waals surface area contributed by atoms with E-state index in [-0.39, 0.29) is 32.0 Å². The first-order valence-corrected chi connectivity index (χ1v) is 35.8. The molecule has 0 aromatic carbocycles. The van der Waals surface area contributed by atoms with E-state index >= 15 is 0 Å². The molecule has 0 radical (unpaired) electrons. The summed E-state index contributed by atoms with van der Waals surface area (Å²) in [6.07, 6.45) is 91.5. The Morgan fingerprint density at radius 3 is 1.02 bits per heavy atom. The Hall–Kier alpha value is -3.59. The smallest absolute Gasteiger partial charge is 0.462 e. The molecule has 0 aliphatic carbocycles. The predicted molar refractivity (Wildman–Crippen MR) is 362 cm³/mol. The Labute approximate surface area is 518 Å². The lowest BCUT2D eigenvalue weighted by molar-refractivity contribution is -0.870. The molecule has 0 saturated carbocycles. The highest BCUT2D eigenvalue weighted by Gasteiger charge is 2.27. The van der Waals surface area contributed by atoms with E-state index in [1.54, 1.807) is 0 Å². The van der Waals surface area contributed by atoms with Crippen LogP contribution in [0.25, 0.3) is 0 Å². The van der Waals surface area contributed by atoms with Gasteiger partial charge >= 0.3 is 19.8 Å². The molecule has 0 heterocycles. The second-order valence-electron chi connectivity index (χ2n) is 23.8. The molecule has 0 aliphatic heterocycles. The number of phosphoric ester groups is 1. The topological polar surface area (TPSA) is 108 Å². The molecule has 0 fully saturated rings. The number of unbranched alkanes of at least 4 members (excludes halogenated alkanes) is 28. The van der Waals surface area contributed by atoms with E-state index in [0.29, 0.717) is 17.4 Å². The summed E-state index contributed by atoms with van der Waals surface area (Å²) in [6, 6.07) is 0. The van der Waals surface area contributed by atoms with Crippen LogP contribution in [0.15, 0.2) is 122 Å². The van der Waals surface area contributed by atoms with E-state index in [2.05, 4.69) is 135 Å². The average molecular weight is 1190 g/mol. The molecule has 2 unspecified atom stereocenters. The number of carbonyl (C=O) groups is 2. The maximum atomic E-state index is 12.9. The van der Waals surface area contributed by atoms with Crippen LogP contribution >= 0.6 is 7.82 Å². The van der Waals surface area contributed by atoms with Crippen molar-refractivity contribution in [2.75, 3.05) is 47.5 Å². The van der Waals surface area contributed by atoms with E-state index in [1.807, 2.05) is 21.1 Å². The Morgan fingerprint density at radius 2 is 0.679 bits per heavy atom. The van der Waals surface area contributed by atoms with Crippen molar-refractivity contribution in [2.45, 2.75) is 290 Å². The van der Waals surface area contributed by atoms with Crippen LogP contribution < -0.4 is 0 Å². The highest BCUT2D eigenvalue weighted by atomic mass is 31.2. The summed E-state index contributed by atoms with van der Waals surface area (Å²) < 4.78 is 34.7. The number of hydrogen-bond acceptors (Lipinski definition) is 7. The summed E-state index contributed by atoms with van der Waals surface area (Å²) in [7, 11) is 1.46. The SMILES string of the molecule is CC/C=C\C/C=C\C/C=C\C/C=C\C/C=C\C/C=C\C/C=C\C/C=C\C/C=C\CCCCCCCCCC(=O)OC(COC(=O)CCCCCCCCCCCCCCC/C=C\CCCCCCCCCC)COP(=O)(O)OCC[N+](C)(C)C. The summed E-state index contributed by atoms with van der Waals surface area (Å²) in [6.45, 7) is 4.32. The molecule has 9 nitrogen and oxygen atoms in total. The van der Waals surface area contributed by atoms with Gasteiger partial charge in [0, 0.05) is 12.8 Å². The molecule has 0 aliphatic rings.